The van der Waals surface area contributed by atoms with E-state index in [2.05, 4.69) is 24.1 Å². The molecule has 1 atom stereocenters. The summed E-state index contributed by atoms with van der Waals surface area (Å²) in [4.78, 5) is 16.9. The van der Waals surface area contributed by atoms with Gasteiger partial charge in [-0.2, -0.15) is 0 Å². The quantitative estimate of drug-likeness (QED) is 0.909. The number of anilines is 1. The van der Waals surface area contributed by atoms with Gasteiger partial charge in [-0.25, -0.2) is 0 Å². The molecular formula is C18H19ClN2O2. The molecule has 1 amide bonds. The molecule has 5 heteroatoms. The molecule has 2 heterocycles. The molecule has 0 radical (unpaired) electrons. The number of ether oxygens (including phenoxy) is 1. The molecule has 1 aromatic carbocycles. The highest BCUT2D eigenvalue weighted by Gasteiger charge is 2.28. The van der Waals surface area contributed by atoms with Crippen LogP contribution in [0.25, 0.3) is 0 Å². The van der Waals surface area contributed by atoms with Gasteiger partial charge in [0.25, 0.3) is 0 Å². The van der Waals surface area contributed by atoms with Crippen molar-refractivity contribution in [2.24, 2.45) is 0 Å². The normalized spacial score (nSPS) is 16.6. The predicted molar refractivity (Wildman–Crippen MR) is 91.3 cm³/mol. The third-order valence-electron chi connectivity index (χ3n) is 4.06. The zero-order chi connectivity index (χ0) is 16.4. The Labute approximate surface area is 140 Å². The number of aromatic nitrogens is 1. The number of rotatable bonds is 3. The van der Waals surface area contributed by atoms with Crippen molar-refractivity contribution in [3.05, 3.63) is 52.8 Å². The highest BCUT2D eigenvalue weighted by Crippen LogP contribution is 2.36. The second kappa shape index (κ2) is 6.59. The minimum Gasteiger partial charge on any atom is -0.493 e. The standard InChI is InChI=1S/C18H19ClN2O2/c1-11(2)13-5-7-20-10-16(13)21-18(22)14-6-8-23-17-4-3-12(19)9-15(14)17/h3-5,7,9-11,14H,6,8H2,1-2H3,(H,21,22). The van der Waals surface area contributed by atoms with Gasteiger partial charge in [-0.15, -0.1) is 0 Å². The van der Waals surface area contributed by atoms with E-state index in [1.165, 1.54) is 0 Å². The molecule has 0 fully saturated rings. The van der Waals surface area contributed by atoms with E-state index < -0.39 is 0 Å². The first-order chi connectivity index (χ1) is 11.1. The Morgan fingerprint density at radius 1 is 1.39 bits per heavy atom. The molecular weight excluding hydrogens is 312 g/mol. The second-order valence-electron chi connectivity index (χ2n) is 5.98. The zero-order valence-electron chi connectivity index (χ0n) is 13.2. The molecule has 0 bridgehead atoms. The van der Waals surface area contributed by atoms with E-state index in [9.17, 15) is 4.79 Å². The van der Waals surface area contributed by atoms with Crippen LogP contribution >= 0.6 is 11.6 Å². The smallest absolute Gasteiger partial charge is 0.232 e. The molecule has 0 saturated carbocycles. The first-order valence-electron chi connectivity index (χ1n) is 7.73. The van der Waals surface area contributed by atoms with Crippen molar-refractivity contribution in [1.29, 1.82) is 0 Å². The summed E-state index contributed by atoms with van der Waals surface area (Å²) < 4.78 is 5.62. The fourth-order valence-electron chi connectivity index (χ4n) is 2.87. The van der Waals surface area contributed by atoms with E-state index in [0.717, 1.165) is 22.6 Å². The van der Waals surface area contributed by atoms with Crippen LogP contribution in [0.5, 0.6) is 5.75 Å². The van der Waals surface area contributed by atoms with Crippen LogP contribution in [0.3, 0.4) is 0 Å². The van der Waals surface area contributed by atoms with Crippen molar-refractivity contribution in [1.82, 2.24) is 4.98 Å². The van der Waals surface area contributed by atoms with Gasteiger partial charge in [-0.05, 0) is 42.2 Å². The Balaban J connectivity index is 1.87. The molecule has 1 aliphatic heterocycles. The van der Waals surface area contributed by atoms with Crippen LogP contribution in [0.15, 0.2) is 36.7 Å². The van der Waals surface area contributed by atoms with Gasteiger partial charge in [0.1, 0.15) is 5.75 Å². The topological polar surface area (TPSA) is 51.2 Å². The van der Waals surface area contributed by atoms with Crippen molar-refractivity contribution >= 4 is 23.2 Å². The molecule has 0 spiro atoms. The molecule has 1 N–H and O–H groups in total. The Morgan fingerprint density at radius 2 is 2.22 bits per heavy atom. The summed E-state index contributed by atoms with van der Waals surface area (Å²) in [7, 11) is 0. The van der Waals surface area contributed by atoms with Crippen LogP contribution in [-0.2, 0) is 4.79 Å². The van der Waals surface area contributed by atoms with E-state index in [0.29, 0.717) is 24.0 Å². The van der Waals surface area contributed by atoms with Crippen LogP contribution in [0.2, 0.25) is 5.02 Å². The maximum absolute atomic E-state index is 12.8. The fraction of sp³-hybridized carbons (Fsp3) is 0.333. The first-order valence-corrected chi connectivity index (χ1v) is 8.11. The third-order valence-corrected chi connectivity index (χ3v) is 4.30. The number of fused-ring (bicyclic) bond motifs is 1. The molecule has 3 rings (SSSR count). The van der Waals surface area contributed by atoms with Crippen molar-refractivity contribution in [3.8, 4) is 5.75 Å². The number of nitrogens with zero attached hydrogens (tertiary/aromatic N) is 1. The lowest BCUT2D eigenvalue weighted by atomic mass is 9.92. The molecule has 1 aromatic heterocycles. The highest BCUT2D eigenvalue weighted by atomic mass is 35.5. The minimum atomic E-state index is -0.266. The monoisotopic (exact) mass is 330 g/mol. The van der Waals surface area contributed by atoms with Gasteiger partial charge in [0.15, 0.2) is 0 Å². The molecule has 120 valence electrons. The summed E-state index contributed by atoms with van der Waals surface area (Å²) in [6, 6.07) is 7.35. The number of pyridine rings is 1. The van der Waals surface area contributed by atoms with Gasteiger partial charge >= 0.3 is 0 Å². The third kappa shape index (κ3) is 3.32. The fourth-order valence-corrected chi connectivity index (χ4v) is 3.05. The van der Waals surface area contributed by atoms with Gasteiger partial charge in [-0.1, -0.05) is 25.4 Å². The van der Waals surface area contributed by atoms with Crippen LogP contribution < -0.4 is 10.1 Å². The van der Waals surface area contributed by atoms with E-state index in [1.807, 2.05) is 18.2 Å². The lowest BCUT2D eigenvalue weighted by molar-refractivity contribution is -0.118. The Bertz CT molecular complexity index is 731. The van der Waals surface area contributed by atoms with E-state index in [1.54, 1.807) is 18.5 Å². The van der Waals surface area contributed by atoms with Gasteiger partial charge < -0.3 is 10.1 Å². The number of hydrogen-bond donors (Lipinski definition) is 1. The predicted octanol–water partition coefficient (Wildman–Crippen LogP) is 4.36. The molecule has 2 aromatic rings. The molecule has 0 aliphatic carbocycles. The number of benzene rings is 1. The van der Waals surface area contributed by atoms with Crippen LogP contribution in [-0.4, -0.2) is 17.5 Å². The van der Waals surface area contributed by atoms with Crippen molar-refractivity contribution in [2.45, 2.75) is 32.1 Å². The number of hydrogen-bond acceptors (Lipinski definition) is 3. The molecule has 1 aliphatic rings. The Morgan fingerprint density at radius 3 is 3.00 bits per heavy atom. The minimum absolute atomic E-state index is 0.0493. The summed E-state index contributed by atoms with van der Waals surface area (Å²) in [5, 5.41) is 3.63. The first kappa shape index (κ1) is 15.8. The summed E-state index contributed by atoms with van der Waals surface area (Å²) in [5.41, 5.74) is 2.69. The highest BCUT2D eigenvalue weighted by molar-refractivity contribution is 6.30. The summed E-state index contributed by atoms with van der Waals surface area (Å²) >= 11 is 6.08. The number of halogens is 1. The van der Waals surface area contributed by atoms with Gasteiger partial charge in [0.2, 0.25) is 5.91 Å². The second-order valence-corrected chi connectivity index (χ2v) is 6.42. The van der Waals surface area contributed by atoms with Crippen LogP contribution in [0, 0.1) is 0 Å². The number of nitrogens with one attached hydrogen (secondary N) is 1. The maximum atomic E-state index is 12.8. The van der Waals surface area contributed by atoms with E-state index >= 15 is 0 Å². The lowest BCUT2D eigenvalue weighted by Gasteiger charge is -2.26. The molecule has 0 saturated heterocycles. The summed E-state index contributed by atoms with van der Waals surface area (Å²) in [5.74, 6) is 0.727. The van der Waals surface area contributed by atoms with Crippen molar-refractivity contribution < 1.29 is 9.53 Å². The maximum Gasteiger partial charge on any atom is 0.232 e. The average molecular weight is 331 g/mol. The molecule has 23 heavy (non-hydrogen) atoms. The molecule has 4 nitrogen and oxygen atoms in total. The SMILES string of the molecule is CC(C)c1ccncc1NC(=O)C1CCOc2ccc(Cl)cc21. The van der Waals surface area contributed by atoms with Crippen LogP contribution in [0.4, 0.5) is 5.69 Å². The van der Waals surface area contributed by atoms with Gasteiger partial charge in [-0.3, -0.25) is 9.78 Å². The van der Waals surface area contributed by atoms with Crippen LogP contribution in [0.1, 0.15) is 43.2 Å². The van der Waals surface area contributed by atoms with E-state index in [-0.39, 0.29) is 11.8 Å². The Kier molecular flexibility index (Phi) is 4.53. The van der Waals surface area contributed by atoms with E-state index in [4.69, 9.17) is 16.3 Å². The van der Waals surface area contributed by atoms with Crippen molar-refractivity contribution in [2.75, 3.05) is 11.9 Å². The number of amides is 1. The number of carbonyl (C=O) groups is 1. The summed E-state index contributed by atoms with van der Waals surface area (Å²) in [6.07, 6.45) is 4.08. The lowest BCUT2D eigenvalue weighted by Crippen LogP contribution is -2.27. The van der Waals surface area contributed by atoms with Crippen molar-refractivity contribution in [3.63, 3.8) is 0 Å². The Hall–Kier alpha value is -2.07. The van der Waals surface area contributed by atoms with Gasteiger partial charge in [0, 0.05) is 16.8 Å². The average Bonchev–Trinajstić information content (AvgIpc) is 2.54. The largest absolute Gasteiger partial charge is 0.493 e. The molecule has 1 unspecified atom stereocenters. The summed E-state index contributed by atoms with van der Waals surface area (Å²) in [6.45, 7) is 4.71. The zero-order valence-corrected chi connectivity index (χ0v) is 13.9. The number of carbonyl (C=O) groups excluding carboxylic acids is 1. The van der Waals surface area contributed by atoms with Gasteiger partial charge in [0.05, 0.1) is 24.4 Å².